The number of hydrogen-bond acceptors (Lipinski definition) is 5. The molecule has 1 aromatic carbocycles. The maximum atomic E-state index is 12.4. The van der Waals surface area contributed by atoms with Gasteiger partial charge in [0.25, 0.3) is 10.0 Å². The van der Waals surface area contributed by atoms with Gasteiger partial charge in [-0.15, -0.1) is 0 Å². The van der Waals surface area contributed by atoms with Crippen LogP contribution in [0.2, 0.25) is 0 Å². The van der Waals surface area contributed by atoms with Gasteiger partial charge in [-0.25, -0.2) is 13.2 Å². The quantitative estimate of drug-likeness (QED) is 0.835. The molecule has 2 aromatic rings. The monoisotopic (exact) mass is 370 g/mol. The third kappa shape index (κ3) is 3.59. The summed E-state index contributed by atoms with van der Waals surface area (Å²) in [7, 11) is -2.72. The van der Waals surface area contributed by atoms with Crippen LogP contribution in [-0.4, -0.2) is 26.5 Å². The van der Waals surface area contributed by atoms with Crippen molar-refractivity contribution in [3.63, 3.8) is 0 Å². The SMILES string of the molecule is COC(=O)c1cc(Br)ccc1S(=O)(=O)Nc1ccncc1. The predicted octanol–water partition coefficient (Wildman–Crippen LogP) is 2.43. The van der Waals surface area contributed by atoms with E-state index < -0.39 is 16.0 Å². The van der Waals surface area contributed by atoms with Gasteiger partial charge in [0.05, 0.1) is 18.4 Å². The second kappa shape index (κ2) is 6.23. The molecule has 0 aliphatic rings. The fraction of sp³-hybridized carbons (Fsp3) is 0.0769. The number of nitrogens with zero attached hydrogens (tertiary/aromatic N) is 1. The Labute approximate surface area is 130 Å². The van der Waals surface area contributed by atoms with Gasteiger partial charge in [0.2, 0.25) is 0 Å². The minimum Gasteiger partial charge on any atom is -0.465 e. The largest absolute Gasteiger partial charge is 0.465 e. The minimum atomic E-state index is -3.92. The average molecular weight is 371 g/mol. The van der Waals surface area contributed by atoms with Crippen molar-refractivity contribution in [2.75, 3.05) is 11.8 Å². The highest BCUT2D eigenvalue weighted by Crippen LogP contribution is 2.23. The van der Waals surface area contributed by atoms with E-state index in [9.17, 15) is 13.2 Å². The van der Waals surface area contributed by atoms with Gasteiger partial charge in [0, 0.05) is 16.9 Å². The first-order chi connectivity index (χ1) is 9.94. The Hall–Kier alpha value is -1.93. The van der Waals surface area contributed by atoms with Gasteiger partial charge in [-0.2, -0.15) is 0 Å². The van der Waals surface area contributed by atoms with Crippen molar-refractivity contribution in [1.82, 2.24) is 4.98 Å². The molecule has 0 fully saturated rings. The van der Waals surface area contributed by atoms with Crippen molar-refractivity contribution >= 4 is 37.6 Å². The number of aromatic nitrogens is 1. The molecule has 0 saturated heterocycles. The summed E-state index contributed by atoms with van der Waals surface area (Å²) in [6, 6.07) is 7.28. The van der Waals surface area contributed by atoms with Crippen molar-refractivity contribution in [3.8, 4) is 0 Å². The number of halogens is 1. The van der Waals surface area contributed by atoms with E-state index >= 15 is 0 Å². The van der Waals surface area contributed by atoms with E-state index in [-0.39, 0.29) is 10.5 Å². The molecule has 0 bridgehead atoms. The number of ether oxygens (including phenoxy) is 1. The first kappa shape index (κ1) is 15.5. The molecule has 110 valence electrons. The molecule has 1 N–H and O–H groups in total. The second-order valence-corrected chi connectivity index (χ2v) is 6.54. The van der Waals surface area contributed by atoms with Gasteiger partial charge < -0.3 is 4.74 Å². The topological polar surface area (TPSA) is 85.4 Å². The molecule has 0 aliphatic carbocycles. The zero-order valence-electron chi connectivity index (χ0n) is 10.9. The molecule has 0 saturated carbocycles. The number of sulfonamides is 1. The Balaban J connectivity index is 2.47. The molecule has 8 heteroatoms. The highest BCUT2D eigenvalue weighted by Gasteiger charge is 2.23. The summed E-state index contributed by atoms with van der Waals surface area (Å²) in [5.74, 6) is -0.730. The molecular formula is C13H11BrN2O4S. The van der Waals surface area contributed by atoms with Crippen molar-refractivity contribution in [2.45, 2.75) is 4.90 Å². The van der Waals surface area contributed by atoms with Gasteiger partial charge in [-0.1, -0.05) is 15.9 Å². The Morgan fingerprint density at radius 1 is 1.24 bits per heavy atom. The number of carbonyl (C=O) groups is 1. The third-order valence-electron chi connectivity index (χ3n) is 2.57. The Morgan fingerprint density at radius 3 is 2.52 bits per heavy atom. The molecule has 2 rings (SSSR count). The average Bonchev–Trinajstić information content (AvgIpc) is 2.46. The number of nitrogens with one attached hydrogen (secondary N) is 1. The van der Waals surface area contributed by atoms with Gasteiger partial charge in [0.15, 0.2) is 0 Å². The van der Waals surface area contributed by atoms with E-state index in [1.807, 2.05) is 0 Å². The van der Waals surface area contributed by atoms with Crippen LogP contribution in [0.5, 0.6) is 0 Å². The highest BCUT2D eigenvalue weighted by molar-refractivity contribution is 9.10. The standard InChI is InChI=1S/C13H11BrN2O4S/c1-20-13(17)11-8-9(14)2-3-12(11)21(18,19)16-10-4-6-15-7-5-10/h2-8H,1H3,(H,15,16). The van der Waals surface area contributed by atoms with E-state index in [4.69, 9.17) is 0 Å². The van der Waals surface area contributed by atoms with Crippen LogP contribution in [0.15, 0.2) is 52.1 Å². The van der Waals surface area contributed by atoms with Crippen LogP contribution in [0.3, 0.4) is 0 Å². The van der Waals surface area contributed by atoms with Crippen molar-refractivity contribution in [1.29, 1.82) is 0 Å². The molecule has 6 nitrogen and oxygen atoms in total. The van der Waals surface area contributed by atoms with E-state index in [0.717, 1.165) is 0 Å². The summed E-state index contributed by atoms with van der Waals surface area (Å²) in [6.07, 6.45) is 2.92. The van der Waals surface area contributed by atoms with Gasteiger partial charge in [-0.3, -0.25) is 9.71 Å². The summed E-state index contributed by atoms with van der Waals surface area (Å²) in [6.45, 7) is 0. The van der Waals surface area contributed by atoms with Gasteiger partial charge in [0.1, 0.15) is 4.90 Å². The molecular weight excluding hydrogens is 360 g/mol. The molecule has 0 atom stereocenters. The highest BCUT2D eigenvalue weighted by atomic mass is 79.9. The number of hydrogen-bond donors (Lipinski definition) is 1. The normalized spacial score (nSPS) is 11.0. The van der Waals surface area contributed by atoms with Crippen LogP contribution in [0.4, 0.5) is 5.69 Å². The Morgan fingerprint density at radius 2 is 1.90 bits per heavy atom. The van der Waals surface area contributed by atoms with Crippen LogP contribution in [0.25, 0.3) is 0 Å². The minimum absolute atomic E-state index is 0.0477. The van der Waals surface area contributed by atoms with E-state index in [2.05, 4.69) is 30.4 Å². The molecule has 0 unspecified atom stereocenters. The molecule has 0 radical (unpaired) electrons. The lowest BCUT2D eigenvalue weighted by Crippen LogP contribution is -2.17. The van der Waals surface area contributed by atoms with Crippen LogP contribution >= 0.6 is 15.9 Å². The fourth-order valence-corrected chi connectivity index (χ4v) is 3.23. The second-order valence-electron chi connectivity index (χ2n) is 3.97. The molecule has 1 aromatic heterocycles. The Kier molecular flexibility index (Phi) is 4.59. The van der Waals surface area contributed by atoms with Crippen LogP contribution < -0.4 is 4.72 Å². The molecule has 21 heavy (non-hydrogen) atoms. The smallest absolute Gasteiger partial charge is 0.339 e. The van der Waals surface area contributed by atoms with Crippen LogP contribution in [0, 0.1) is 0 Å². The van der Waals surface area contributed by atoms with Gasteiger partial charge >= 0.3 is 5.97 Å². The number of carbonyl (C=O) groups excluding carboxylic acids is 1. The summed E-state index contributed by atoms with van der Waals surface area (Å²) in [5, 5.41) is 0. The number of esters is 1. The predicted molar refractivity (Wildman–Crippen MR) is 80.5 cm³/mol. The van der Waals surface area contributed by atoms with E-state index in [1.165, 1.54) is 49.8 Å². The third-order valence-corrected chi connectivity index (χ3v) is 4.50. The maximum Gasteiger partial charge on any atom is 0.339 e. The number of rotatable bonds is 4. The number of methoxy groups -OCH3 is 1. The number of anilines is 1. The number of benzene rings is 1. The first-order valence-electron chi connectivity index (χ1n) is 5.75. The lowest BCUT2D eigenvalue weighted by Gasteiger charge is -2.11. The summed E-state index contributed by atoms with van der Waals surface area (Å²) < 4.78 is 32.4. The van der Waals surface area contributed by atoms with Crippen molar-refractivity contribution < 1.29 is 17.9 Å². The zero-order valence-corrected chi connectivity index (χ0v) is 13.3. The van der Waals surface area contributed by atoms with Crippen molar-refractivity contribution in [2.24, 2.45) is 0 Å². The van der Waals surface area contributed by atoms with Crippen LogP contribution in [0.1, 0.15) is 10.4 Å². The van der Waals surface area contributed by atoms with Gasteiger partial charge in [-0.05, 0) is 30.3 Å². The lowest BCUT2D eigenvalue weighted by atomic mass is 10.2. The van der Waals surface area contributed by atoms with Crippen LogP contribution in [-0.2, 0) is 14.8 Å². The van der Waals surface area contributed by atoms with E-state index in [1.54, 1.807) is 0 Å². The fourth-order valence-electron chi connectivity index (χ4n) is 1.64. The summed E-state index contributed by atoms with van der Waals surface area (Å²) >= 11 is 3.20. The summed E-state index contributed by atoms with van der Waals surface area (Å²) in [5.41, 5.74) is 0.303. The van der Waals surface area contributed by atoms with Crippen molar-refractivity contribution in [3.05, 3.63) is 52.8 Å². The first-order valence-corrected chi connectivity index (χ1v) is 8.02. The summed E-state index contributed by atoms with van der Waals surface area (Å²) in [4.78, 5) is 15.4. The maximum absolute atomic E-state index is 12.4. The lowest BCUT2D eigenvalue weighted by molar-refractivity contribution is 0.0596. The number of pyridine rings is 1. The Bertz CT molecular complexity index is 763. The molecule has 0 amide bonds. The molecule has 0 spiro atoms. The zero-order chi connectivity index (χ0) is 15.5. The molecule has 1 heterocycles. The molecule has 0 aliphatic heterocycles. The van der Waals surface area contributed by atoms with E-state index in [0.29, 0.717) is 10.2 Å².